The summed E-state index contributed by atoms with van der Waals surface area (Å²) in [6.45, 7) is 6.55. The molecule has 1 amide bonds. The summed E-state index contributed by atoms with van der Waals surface area (Å²) < 4.78 is 0. The molecule has 0 saturated carbocycles. The predicted molar refractivity (Wildman–Crippen MR) is 105 cm³/mol. The highest BCUT2D eigenvalue weighted by molar-refractivity contribution is 8.15. The zero-order valence-corrected chi connectivity index (χ0v) is 15.5. The molecule has 0 N–H and O–H groups in total. The number of hydrogen-bond donors (Lipinski definition) is 0. The van der Waals surface area contributed by atoms with E-state index in [4.69, 9.17) is 0 Å². The normalized spacial score (nSPS) is 19.3. The molecule has 0 spiro atoms. The molecule has 1 aliphatic heterocycles. The Balaban J connectivity index is 1.79. The van der Waals surface area contributed by atoms with Gasteiger partial charge in [-0.1, -0.05) is 65.9 Å². The van der Waals surface area contributed by atoms with Crippen LogP contribution in [0.1, 0.15) is 29.2 Å². The average molecular weight is 351 g/mol. The molecule has 0 radical (unpaired) electrons. The Morgan fingerprint density at radius 2 is 1.92 bits per heavy atom. The SMILES string of the molecule is Cc1ccc(/C=N\N=C2/S[C@H](C)C(=O)N2Cc2ccccc2)c(C)c1. The van der Waals surface area contributed by atoms with Crippen LogP contribution in [0.2, 0.25) is 0 Å². The first kappa shape index (κ1) is 17.4. The van der Waals surface area contributed by atoms with E-state index in [1.807, 2.05) is 43.3 Å². The molecule has 128 valence electrons. The van der Waals surface area contributed by atoms with Crippen LogP contribution >= 0.6 is 11.8 Å². The highest BCUT2D eigenvalue weighted by Gasteiger charge is 2.35. The van der Waals surface area contributed by atoms with E-state index in [0.717, 1.165) is 16.7 Å². The molecule has 1 aliphatic rings. The highest BCUT2D eigenvalue weighted by Crippen LogP contribution is 2.28. The van der Waals surface area contributed by atoms with Gasteiger partial charge in [-0.15, -0.1) is 5.10 Å². The van der Waals surface area contributed by atoms with Crippen LogP contribution in [0.4, 0.5) is 0 Å². The van der Waals surface area contributed by atoms with E-state index in [1.165, 1.54) is 17.3 Å². The maximum absolute atomic E-state index is 12.4. The predicted octanol–water partition coefficient (Wildman–Crippen LogP) is 4.16. The molecule has 0 bridgehead atoms. The van der Waals surface area contributed by atoms with E-state index >= 15 is 0 Å². The van der Waals surface area contributed by atoms with Crippen LogP contribution < -0.4 is 0 Å². The van der Waals surface area contributed by atoms with Gasteiger partial charge in [0.05, 0.1) is 18.0 Å². The first-order valence-electron chi connectivity index (χ1n) is 8.25. The van der Waals surface area contributed by atoms with Gasteiger partial charge >= 0.3 is 0 Å². The lowest BCUT2D eigenvalue weighted by Crippen LogP contribution is -2.30. The summed E-state index contributed by atoms with van der Waals surface area (Å²) in [5.41, 5.74) is 4.50. The summed E-state index contributed by atoms with van der Waals surface area (Å²) in [5, 5.41) is 9.07. The molecule has 0 aromatic heterocycles. The van der Waals surface area contributed by atoms with Gasteiger partial charge in [0, 0.05) is 0 Å². The summed E-state index contributed by atoms with van der Waals surface area (Å²) in [7, 11) is 0. The lowest BCUT2D eigenvalue weighted by Gasteiger charge is -2.15. The molecular formula is C20H21N3OS. The second-order valence-electron chi connectivity index (χ2n) is 6.16. The van der Waals surface area contributed by atoms with Crippen molar-refractivity contribution in [3.63, 3.8) is 0 Å². The number of carbonyl (C=O) groups is 1. The number of rotatable bonds is 4. The molecule has 2 aromatic rings. The lowest BCUT2D eigenvalue weighted by molar-refractivity contribution is -0.126. The fourth-order valence-electron chi connectivity index (χ4n) is 2.69. The highest BCUT2D eigenvalue weighted by atomic mass is 32.2. The molecule has 1 fully saturated rings. The van der Waals surface area contributed by atoms with Crippen molar-refractivity contribution >= 4 is 29.1 Å². The van der Waals surface area contributed by atoms with E-state index in [0.29, 0.717) is 11.7 Å². The van der Waals surface area contributed by atoms with Crippen molar-refractivity contribution in [3.8, 4) is 0 Å². The summed E-state index contributed by atoms with van der Waals surface area (Å²) in [5.74, 6) is 0.0781. The standard InChI is InChI=1S/C20H21N3OS/c1-14-9-10-18(15(2)11-14)12-21-22-20-23(19(24)16(3)25-20)13-17-7-5-4-6-8-17/h4-12,16H,13H2,1-3H3/b21-12-,22-20-/t16-/m1/s1. The fraction of sp³-hybridized carbons (Fsp3) is 0.250. The first-order chi connectivity index (χ1) is 12.0. The van der Waals surface area contributed by atoms with Crippen molar-refractivity contribution in [2.45, 2.75) is 32.6 Å². The van der Waals surface area contributed by atoms with Gasteiger partial charge < -0.3 is 0 Å². The topological polar surface area (TPSA) is 45.0 Å². The van der Waals surface area contributed by atoms with Gasteiger partial charge in [-0.3, -0.25) is 9.69 Å². The van der Waals surface area contributed by atoms with Gasteiger partial charge in [0.25, 0.3) is 0 Å². The Labute approximate surface area is 152 Å². The number of amidine groups is 1. The van der Waals surface area contributed by atoms with E-state index in [2.05, 4.69) is 36.2 Å². The van der Waals surface area contributed by atoms with Crippen LogP contribution in [0.15, 0.2) is 58.7 Å². The summed E-state index contributed by atoms with van der Waals surface area (Å²) in [6.07, 6.45) is 1.75. The Morgan fingerprint density at radius 1 is 1.16 bits per heavy atom. The smallest absolute Gasteiger partial charge is 0.242 e. The van der Waals surface area contributed by atoms with Crippen molar-refractivity contribution in [2.75, 3.05) is 0 Å². The largest absolute Gasteiger partial charge is 0.284 e. The Hall–Kier alpha value is -2.40. The van der Waals surface area contributed by atoms with Gasteiger partial charge in [0.2, 0.25) is 5.91 Å². The Kier molecular flexibility index (Phi) is 5.34. The van der Waals surface area contributed by atoms with Crippen molar-refractivity contribution in [2.24, 2.45) is 10.2 Å². The van der Waals surface area contributed by atoms with E-state index < -0.39 is 0 Å². The maximum Gasteiger partial charge on any atom is 0.242 e. The van der Waals surface area contributed by atoms with Crippen LogP contribution in [0.5, 0.6) is 0 Å². The molecule has 1 heterocycles. The summed E-state index contributed by atoms with van der Waals surface area (Å²) in [6, 6.07) is 16.1. The zero-order valence-electron chi connectivity index (χ0n) is 14.6. The van der Waals surface area contributed by atoms with Crippen LogP contribution in [-0.2, 0) is 11.3 Å². The van der Waals surface area contributed by atoms with E-state index in [-0.39, 0.29) is 11.2 Å². The number of thioether (sulfide) groups is 1. The van der Waals surface area contributed by atoms with E-state index in [9.17, 15) is 4.79 Å². The maximum atomic E-state index is 12.4. The third-order valence-corrected chi connectivity index (χ3v) is 5.14. The minimum Gasteiger partial charge on any atom is -0.284 e. The van der Waals surface area contributed by atoms with Gasteiger partial charge in [-0.05, 0) is 37.5 Å². The molecule has 0 aliphatic carbocycles. The summed E-state index contributed by atoms with van der Waals surface area (Å²) in [4.78, 5) is 14.1. The minimum atomic E-state index is -0.126. The number of aryl methyl sites for hydroxylation is 2. The monoisotopic (exact) mass is 351 g/mol. The second kappa shape index (κ2) is 7.66. The number of nitrogens with zero attached hydrogens (tertiary/aromatic N) is 3. The molecule has 1 atom stereocenters. The Morgan fingerprint density at radius 3 is 2.64 bits per heavy atom. The molecule has 0 unspecified atom stereocenters. The number of amides is 1. The third-order valence-electron chi connectivity index (χ3n) is 4.08. The lowest BCUT2D eigenvalue weighted by atomic mass is 10.1. The average Bonchev–Trinajstić information content (AvgIpc) is 2.86. The fourth-order valence-corrected chi connectivity index (χ4v) is 3.61. The van der Waals surface area contributed by atoms with Gasteiger partial charge in [-0.25, -0.2) is 0 Å². The number of hydrogen-bond acceptors (Lipinski definition) is 4. The molecule has 5 heteroatoms. The molecule has 2 aromatic carbocycles. The molecule has 1 saturated heterocycles. The van der Waals surface area contributed by atoms with Crippen LogP contribution in [0.25, 0.3) is 0 Å². The van der Waals surface area contributed by atoms with Gasteiger partial charge in [-0.2, -0.15) is 5.10 Å². The molecule has 25 heavy (non-hydrogen) atoms. The molecule has 4 nitrogen and oxygen atoms in total. The van der Waals surface area contributed by atoms with Crippen LogP contribution in [0.3, 0.4) is 0 Å². The van der Waals surface area contributed by atoms with Crippen LogP contribution in [-0.4, -0.2) is 27.4 Å². The van der Waals surface area contributed by atoms with E-state index in [1.54, 1.807) is 11.1 Å². The van der Waals surface area contributed by atoms with Crippen molar-refractivity contribution in [1.82, 2.24) is 4.90 Å². The van der Waals surface area contributed by atoms with Crippen molar-refractivity contribution in [3.05, 3.63) is 70.8 Å². The Bertz CT molecular complexity index is 830. The van der Waals surface area contributed by atoms with Crippen molar-refractivity contribution < 1.29 is 4.79 Å². The first-order valence-corrected chi connectivity index (χ1v) is 9.13. The summed E-state index contributed by atoms with van der Waals surface area (Å²) >= 11 is 1.46. The number of benzene rings is 2. The van der Waals surface area contributed by atoms with Gasteiger partial charge in [0.1, 0.15) is 0 Å². The zero-order chi connectivity index (χ0) is 17.8. The van der Waals surface area contributed by atoms with Crippen LogP contribution in [0, 0.1) is 13.8 Å². The quantitative estimate of drug-likeness (QED) is 0.613. The third kappa shape index (κ3) is 4.17. The van der Waals surface area contributed by atoms with Gasteiger partial charge in [0.15, 0.2) is 5.17 Å². The molecule has 3 rings (SSSR count). The second-order valence-corrected chi connectivity index (χ2v) is 7.47. The molecular weight excluding hydrogens is 330 g/mol. The number of carbonyl (C=O) groups excluding carboxylic acids is 1. The van der Waals surface area contributed by atoms with Crippen molar-refractivity contribution in [1.29, 1.82) is 0 Å². The minimum absolute atomic E-state index is 0.0781.